The van der Waals surface area contributed by atoms with E-state index in [2.05, 4.69) is 24.3 Å². The summed E-state index contributed by atoms with van der Waals surface area (Å²) in [7, 11) is 0. The van der Waals surface area contributed by atoms with Gasteiger partial charge < -0.3 is 10.1 Å². The zero-order chi connectivity index (χ0) is 12.5. The molecule has 1 aromatic heterocycles. The van der Waals surface area contributed by atoms with Crippen LogP contribution in [0, 0.1) is 0 Å². The molecule has 96 valence electrons. The summed E-state index contributed by atoms with van der Waals surface area (Å²) in [4.78, 5) is 11.7. The van der Waals surface area contributed by atoms with Crippen LogP contribution in [0.4, 0.5) is 5.69 Å². The van der Waals surface area contributed by atoms with Gasteiger partial charge in [-0.1, -0.05) is 13.8 Å². The van der Waals surface area contributed by atoms with Gasteiger partial charge in [-0.2, -0.15) is 5.10 Å². The lowest BCUT2D eigenvalue weighted by molar-refractivity contribution is 0.123. The Morgan fingerprint density at radius 1 is 1.35 bits per heavy atom. The number of hydrogen-bond acceptors (Lipinski definition) is 4. The first-order valence-electron chi connectivity index (χ1n) is 6.16. The molecule has 0 aliphatic rings. The standard InChI is InChI=1S/C12H21N3O2/c1-3-5-13-11-9-12(16)15(14-10-11)6-8-17-7-4-2/h9-10,13H,3-8H2,1-2H3. The Kier molecular flexibility index (Phi) is 6.32. The molecule has 17 heavy (non-hydrogen) atoms. The van der Waals surface area contributed by atoms with Crippen molar-refractivity contribution in [2.45, 2.75) is 33.2 Å². The fourth-order valence-electron chi connectivity index (χ4n) is 1.36. The molecule has 0 aromatic carbocycles. The van der Waals surface area contributed by atoms with Gasteiger partial charge in [0.2, 0.25) is 0 Å². The molecule has 1 N–H and O–H groups in total. The van der Waals surface area contributed by atoms with Crippen molar-refractivity contribution in [3.8, 4) is 0 Å². The van der Waals surface area contributed by atoms with Crippen molar-refractivity contribution in [1.82, 2.24) is 9.78 Å². The summed E-state index contributed by atoms with van der Waals surface area (Å²) < 4.78 is 6.74. The van der Waals surface area contributed by atoms with Crippen molar-refractivity contribution in [3.63, 3.8) is 0 Å². The molecule has 0 aliphatic carbocycles. The number of ether oxygens (including phenoxy) is 1. The summed E-state index contributed by atoms with van der Waals surface area (Å²) >= 11 is 0. The van der Waals surface area contributed by atoms with Crippen molar-refractivity contribution >= 4 is 5.69 Å². The summed E-state index contributed by atoms with van der Waals surface area (Å²) in [5, 5.41) is 7.22. The van der Waals surface area contributed by atoms with Crippen LogP contribution in [0.1, 0.15) is 26.7 Å². The van der Waals surface area contributed by atoms with Crippen molar-refractivity contribution in [2.75, 3.05) is 25.1 Å². The number of aromatic nitrogens is 2. The zero-order valence-corrected chi connectivity index (χ0v) is 10.6. The van der Waals surface area contributed by atoms with E-state index >= 15 is 0 Å². The molecular weight excluding hydrogens is 218 g/mol. The minimum absolute atomic E-state index is 0.0915. The van der Waals surface area contributed by atoms with Gasteiger partial charge >= 0.3 is 0 Å². The summed E-state index contributed by atoms with van der Waals surface area (Å²) in [5.41, 5.74) is 0.689. The maximum Gasteiger partial charge on any atom is 0.268 e. The lowest BCUT2D eigenvalue weighted by atomic mass is 10.4. The predicted octanol–water partition coefficient (Wildman–Crippen LogP) is 1.49. The van der Waals surface area contributed by atoms with Crippen LogP contribution in [0.3, 0.4) is 0 Å². The Labute approximate surface area is 102 Å². The molecule has 5 heteroatoms. The minimum Gasteiger partial charge on any atom is -0.384 e. The fourth-order valence-corrected chi connectivity index (χ4v) is 1.36. The Bertz CT molecular complexity index is 376. The van der Waals surface area contributed by atoms with E-state index in [1.165, 1.54) is 4.68 Å². The van der Waals surface area contributed by atoms with Gasteiger partial charge in [-0.05, 0) is 12.8 Å². The normalized spacial score (nSPS) is 10.5. The summed E-state index contributed by atoms with van der Waals surface area (Å²) in [5.74, 6) is 0. The van der Waals surface area contributed by atoms with Gasteiger partial charge in [-0.25, -0.2) is 4.68 Å². The molecule has 0 saturated carbocycles. The van der Waals surface area contributed by atoms with Crippen LogP contribution in [0.2, 0.25) is 0 Å². The van der Waals surface area contributed by atoms with E-state index in [-0.39, 0.29) is 5.56 Å². The van der Waals surface area contributed by atoms with Crippen LogP contribution in [0.5, 0.6) is 0 Å². The molecule has 0 amide bonds. The lowest BCUT2D eigenvalue weighted by Gasteiger charge is -2.07. The quantitative estimate of drug-likeness (QED) is 0.698. The monoisotopic (exact) mass is 239 g/mol. The van der Waals surface area contributed by atoms with Gasteiger partial charge in [-0.3, -0.25) is 4.79 Å². The summed E-state index contributed by atoms with van der Waals surface area (Å²) in [6, 6.07) is 1.57. The predicted molar refractivity (Wildman–Crippen MR) is 68.4 cm³/mol. The molecule has 1 heterocycles. The first kappa shape index (κ1) is 13.7. The van der Waals surface area contributed by atoms with E-state index in [9.17, 15) is 4.79 Å². The van der Waals surface area contributed by atoms with E-state index in [0.717, 1.165) is 31.7 Å². The molecule has 0 unspecified atom stereocenters. The third-order valence-electron chi connectivity index (χ3n) is 2.24. The fraction of sp³-hybridized carbons (Fsp3) is 0.667. The molecular formula is C12H21N3O2. The van der Waals surface area contributed by atoms with E-state index in [0.29, 0.717) is 13.2 Å². The highest BCUT2D eigenvalue weighted by Gasteiger charge is 1.99. The van der Waals surface area contributed by atoms with E-state index < -0.39 is 0 Å². The molecule has 5 nitrogen and oxygen atoms in total. The maximum absolute atomic E-state index is 11.7. The first-order valence-corrected chi connectivity index (χ1v) is 6.16. The second-order valence-corrected chi connectivity index (χ2v) is 3.84. The Morgan fingerprint density at radius 3 is 2.82 bits per heavy atom. The third kappa shape index (κ3) is 4.99. The van der Waals surface area contributed by atoms with Gasteiger partial charge in [0.1, 0.15) is 0 Å². The Hall–Kier alpha value is -1.36. The van der Waals surface area contributed by atoms with Gasteiger partial charge in [0.05, 0.1) is 25.0 Å². The third-order valence-corrected chi connectivity index (χ3v) is 2.24. The van der Waals surface area contributed by atoms with Crippen molar-refractivity contribution in [2.24, 2.45) is 0 Å². The molecule has 0 atom stereocenters. The van der Waals surface area contributed by atoms with E-state index in [1.807, 2.05) is 0 Å². The molecule has 0 bridgehead atoms. The average Bonchev–Trinajstić information content (AvgIpc) is 2.34. The Morgan fingerprint density at radius 2 is 2.18 bits per heavy atom. The van der Waals surface area contributed by atoms with Crippen molar-refractivity contribution in [1.29, 1.82) is 0 Å². The minimum atomic E-state index is -0.0915. The number of anilines is 1. The highest BCUT2D eigenvalue weighted by molar-refractivity contribution is 5.38. The van der Waals surface area contributed by atoms with Crippen molar-refractivity contribution in [3.05, 3.63) is 22.6 Å². The average molecular weight is 239 g/mol. The lowest BCUT2D eigenvalue weighted by Crippen LogP contribution is -2.24. The van der Waals surface area contributed by atoms with Gasteiger partial charge in [0.15, 0.2) is 0 Å². The number of rotatable bonds is 8. The highest BCUT2D eigenvalue weighted by atomic mass is 16.5. The SMILES string of the molecule is CCCNc1cnn(CCOCCC)c(=O)c1. The van der Waals surface area contributed by atoms with Crippen LogP contribution in [-0.4, -0.2) is 29.5 Å². The molecule has 0 spiro atoms. The smallest absolute Gasteiger partial charge is 0.268 e. The van der Waals surface area contributed by atoms with Crippen LogP contribution in [-0.2, 0) is 11.3 Å². The van der Waals surface area contributed by atoms with Crippen LogP contribution in [0.15, 0.2) is 17.1 Å². The van der Waals surface area contributed by atoms with Crippen LogP contribution in [0.25, 0.3) is 0 Å². The van der Waals surface area contributed by atoms with Gasteiger partial charge in [-0.15, -0.1) is 0 Å². The second-order valence-electron chi connectivity index (χ2n) is 3.84. The molecule has 0 saturated heterocycles. The maximum atomic E-state index is 11.7. The molecule has 0 radical (unpaired) electrons. The highest BCUT2D eigenvalue weighted by Crippen LogP contribution is 1.99. The van der Waals surface area contributed by atoms with E-state index in [4.69, 9.17) is 4.74 Å². The molecule has 0 fully saturated rings. The zero-order valence-electron chi connectivity index (χ0n) is 10.6. The number of hydrogen-bond donors (Lipinski definition) is 1. The summed E-state index contributed by atoms with van der Waals surface area (Å²) in [6.07, 6.45) is 3.69. The number of nitrogens with zero attached hydrogens (tertiary/aromatic N) is 2. The first-order chi connectivity index (χ1) is 8.27. The molecule has 1 rings (SSSR count). The van der Waals surface area contributed by atoms with Gasteiger partial charge in [0, 0.05) is 19.2 Å². The van der Waals surface area contributed by atoms with Crippen molar-refractivity contribution < 1.29 is 4.74 Å². The van der Waals surface area contributed by atoms with Crippen LogP contribution < -0.4 is 10.9 Å². The Balaban J connectivity index is 2.48. The topological polar surface area (TPSA) is 56.1 Å². The molecule has 1 aromatic rings. The van der Waals surface area contributed by atoms with Crippen LogP contribution >= 0.6 is 0 Å². The summed E-state index contributed by atoms with van der Waals surface area (Å²) in [6.45, 7) is 6.75. The van der Waals surface area contributed by atoms with Gasteiger partial charge in [0.25, 0.3) is 5.56 Å². The molecule has 0 aliphatic heterocycles. The van der Waals surface area contributed by atoms with E-state index in [1.54, 1.807) is 12.3 Å². The largest absolute Gasteiger partial charge is 0.384 e. The number of nitrogens with one attached hydrogen (secondary N) is 1. The second kappa shape index (κ2) is 7.84.